The van der Waals surface area contributed by atoms with Crippen molar-refractivity contribution in [1.29, 1.82) is 0 Å². The van der Waals surface area contributed by atoms with Gasteiger partial charge in [-0.2, -0.15) is 0 Å². The average Bonchev–Trinajstić information content (AvgIpc) is 3.69. The second-order valence-electron chi connectivity index (χ2n) is 9.71. The molecule has 1 aliphatic carbocycles. The van der Waals surface area contributed by atoms with E-state index in [9.17, 15) is 9.59 Å². The van der Waals surface area contributed by atoms with Crippen LogP contribution >= 0.6 is 15.9 Å². The molecule has 39 heavy (non-hydrogen) atoms. The topological polar surface area (TPSA) is 64.0 Å². The predicted octanol–water partition coefficient (Wildman–Crippen LogP) is 6.00. The summed E-state index contributed by atoms with van der Waals surface area (Å²) in [6.45, 7) is -0.0390. The molecule has 1 aromatic heterocycles. The van der Waals surface area contributed by atoms with Crippen LogP contribution in [0.3, 0.4) is 0 Å². The molecule has 2 heterocycles. The molecular weight excluding hydrogens is 558 g/mol. The summed E-state index contributed by atoms with van der Waals surface area (Å²) in [6.07, 6.45) is 3.77. The number of hydrogen-bond donors (Lipinski definition) is 0. The molecule has 0 saturated heterocycles. The Bertz CT molecular complexity index is 1560. The minimum absolute atomic E-state index is 0.0390. The van der Waals surface area contributed by atoms with Crippen molar-refractivity contribution in [2.75, 3.05) is 25.7 Å². The van der Waals surface area contributed by atoms with E-state index in [4.69, 9.17) is 9.47 Å². The van der Waals surface area contributed by atoms with Gasteiger partial charge in [0.1, 0.15) is 24.1 Å². The number of ether oxygens (including phenoxy) is 2. The van der Waals surface area contributed by atoms with Crippen LogP contribution in [-0.2, 0) is 4.79 Å². The number of rotatable bonds is 7. The third kappa shape index (κ3) is 4.48. The number of anilines is 1. The van der Waals surface area contributed by atoms with E-state index >= 15 is 0 Å². The average molecular weight is 586 g/mol. The molecule has 3 aromatic carbocycles. The van der Waals surface area contributed by atoms with Crippen LogP contribution in [0.25, 0.3) is 5.69 Å². The highest BCUT2D eigenvalue weighted by atomic mass is 79.9. The molecule has 6 rings (SSSR count). The van der Waals surface area contributed by atoms with Crippen molar-refractivity contribution in [3.63, 3.8) is 0 Å². The fraction of sp³-hybridized carbons (Fsp3) is 0.226. The SMILES string of the molecule is COc1ccc(OC)c(C2c3cccn3-c3ccccc3N2C(=O)CN(C(=O)c2ccccc2Br)C2CC2)c1. The molecular formula is C31H28BrN3O4. The Morgan fingerprint density at radius 2 is 1.67 bits per heavy atom. The number of para-hydroxylation sites is 2. The lowest BCUT2D eigenvalue weighted by Gasteiger charge is -2.40. The molecule has 2 aliphatic rings. The molecule has 1 fully saturated rings. The Kier molecular flexibility index (Phi) is 6.64. The monoisotopic (exact) mass is 585 g/mol. The first-order valence-electron chi connectivity index (χ1n) is 12.9. The minimum atomic E-state index is -0.493. The third-order valence-electron chi connectivity index (χ3n) is 7.38. The highest BCUT2D eigenvalue weighted by Gasteiger charge is 2.41. The number of methoxy groups -OCH3 is 2. The van der Waals surface area contributed by atoms with E-state index in [1.807, 2.05) is 83.9 Å². The number of aromatic nitrogens is 1. The molecule has 0 spiro atoms. The summed E-state index contributed by atoms with van der Waals surface area (Å²) in [5.74, 6) is 0.993. The van der Waals surface area contributed by atoms with E-state index in [0.29, 0.717) is 21.5 Å². The number of fused-ring (bicyclic) bond motifs is 3. The first kappa shape index (κ1) is 25.2. The van der Waals surface area contributed by atoms with Crippen LogP contribution in [0.5, 0.6) is 11.5 Å². The first-order chi connectivity index (χ1) is 19.0. The number of carbonyl (C=O) groups excluding carboxylic acids is 2. The summed E-state index contributed by atoms with van der Waals surface area (Å²) in [4.78, 5) is 31.7. The summed E-state index contributed by atoms with van der Waals surface area (Å²) in [7, 11) is 3.24. The fourth-order valence-corrected chi connectivity index (χ4v) is 5.83. The Hall–Kier alpha value is -4.04. The second kappa shape index (κ2) is 10.3. The van der Waals surface area contributed by atoms with Crippen molar-refractivity contribution in [3.05, 3.63) is 106 Å². The van der Waals surface area contributed by atoms with E-state index in [0.717, 1.165) is 35.5 Å². The number of nitrogens with zero attached hydrogens (tertiary/aromatic N) is 3. The van der Waals surface area contributed by atoms with E-state index < -0.39 is 6.04 Å². The molecule has 1 unspecified atom stereocenters. The molecule has 0 bridgehead atoms. The van der Waals surface area contributed by atoms with Crippen LogP contribution in [0.4, 0.5) is 5.69 Å². The number of hydrogen-bond acceptors (Lipinski definition) is 4. The van der Waals surface area contributed by atoms with Crippen molar-refractivity contribution < 1.29 is 19.1 Å². The quantitative estimate of drug-likeness (QED) is 0.267. The summed E-state index contributed by atoms with van der Waals surface area (Å²) < 4.78 is 14.1. The van der Waals surface area contributed by atoms with E-state index in [-0.39, 0.29) is 24.4 Å². The van der Waals surface area contributed by atoms with Gasteiger partial charge in [-0.3, -0.25) is 14.5 Å². The van der Waals surface area contributed by atoms with Crippen LogP contribution < -0.4 is 14.4 Å². The van der Waals surface area contributed by atoms with Crippen LogP contribution in [0.1, 0.15) is 40.5 Å². The second-order valence-corrected chi connectivity index (χ2v) is 10.6. The summed E-state index contributed by atoms with van der Waals surface area (Å²) in [5, 5.41) is 0. The molecule has 1 aliphatic heterocycles. The molecule has 1 saturated carbocycles. The smallest absolute Gasteiger partial charge is 0.255 e. The molecule has 0 N–H and O–H groups in total. The van der Waals surface area contributed by atoms with Gasteiger partial charge in [-0.25, -0.2) is 0 Å². The predicted molar refractivity (Wildman–Crippen MR) is 153 cm³/mol. The van der Waals surface area contributed by atoms with Gasteiger partial charge in [-0.05, 0) is 83.4 Å². The van der Waals surface area contributed by atoms with Gasteiger partial charge < -0.3 is 18.9 Å². The van der Waals surface area contributed by atoms with Crippen LogP contribution in [0, 0.1) is 0 Å². The van der Waals surface area contributed by atoms with E-state index in [1.165, 1.54) is 0 Å². The molecule has 0 radical (unpaired) electrons. The van der Waals surface area contributed by atoms with Gasteiger partial charge in [0, 0.05) is 22.3 Å². The van der Waals surface area contributed by atoms with Crippen LogP contribution in [-0.4, -0.2) is 48.1 Å². The van der Waals surface area contributed by atoms with Crippen molar-refractivity contribution >= 4 is 33.4 Å². The highest BCUT2D eigenvalue weighted by molar-refractivity contribution is 9.10. The van der Waals surface area contributed by atoms with Gasteiger partial charge in [0.25, 0.3) is 5.91 Å². The lowest BCUT2D eigenvalue weighted by molar-refractivity contribution is -0.119. The Morgan fingerprint density at radius 1 is 0.923 bits per heavy atom. The van der Waals surface area contributed by atoms with Crippen molar-refractivity contribution in [3.8, 4) is 17.2 Å². The van der Waals surface area contributed by atoms with Crippen molar-refractivity contribution in [1.82, 2.24) is 9.47 Å². The molecule has 7 nitrogen and oxygen atoms in total. The lowest BCUT2D eigenvalue weighted by atomic mass is 9.96. The van der Waals surface area contributed by atoms with Gasteiger partial charge in [-0.1, -0.05) is 24.3 Å². The molecule has 4 aromatic rings. The van der Waals surface area contributed by atoms with Gasteiger partial charge >= 0.3 is 0 Å². The molecule has 198 valence electrons. The summed E-state index contributed by atoms with van der Waals surface area (Å²) >= 11 is 3.51. The zero-order valence-corrected chi connectivity index (χ0v) is 23.3. The van der Waals surface area contributed by atoms with E-state index in [1.54, 1.807) is 25.2 Å². The summed E-state index contributed by atoms with van der Waals surface area (Å²) in [5.41, 5.74) is 3.94. The van der Waals surface area contributed by atoms with Crippen molar-refractivity contribution in [2.24, 2.45) is 0 Å². The maximum Gasteiger partial charge on any atom is 0.255 e. The van der Waals surface area contributed by atoms with Gasteiger partial charge in [-0.15, -0.1) is 0 Å². The van der Waals surface area contributed by atoms with Gasteiger partial charge in [0.05, 0.1) is 36.9 Å². The normalized spacial score (nSPS) is 15.8. The Balaban J connectivity index is 1.46. The molecule has 8 heteroatoms. The van der Waals surface area contributed by atoms with Gasteiger partial charge in [0.15, 0.2) is 0 Å². The number of benzene rings is 3. The van der Waals surface area contributed by atoms with Crippen LogP contribution in [0.2, 0.25) is 0 Å². The largest absolute Gasteiger partial charge is 0.497 e. The number of carbonyl (C=O) groups is 2. The standard InChI is InChI=1S/C31H28BrN3O4/c1-38-21-15-16-28(39-2)23(18-21)30-27-12-7-17-33(27)25-10-5-6-11-26(25)35(30)29(36)19-34(20-13-14-20)31(37)22-8-3-4-9-24(22)32/h3-12,15-18,20,30H,13-14,19H2,1-2H3. The maximum absolute atomic E-state index is 14.4. The third-order valence-corrected chi connectivity index (χ3v) is 8.07. The Labute approximate surface area is 235 Å². The van der Waals surface area contributed by atoms with E-state index in [2.05, 4.69) is 20.5 Å². The first-order valence-corrected chi connectivity index (χ1v) is 13.7. The lowest BCUT2D eigenvalue weighted by Crippen LogP contribution is -2.47. The van der Waals surface area contributed by atoms with Crippen molar-refractivity contribution in [2.45, 2.75) is 24.9 Å². The minimum Gasteiger partial charge on any atom is -0.497 e. The summed E-state index contributed by atoms with van der Waals surface area (Å²) in [6, 6.07) is 24.4. The maximum atomic E-state index is 14.4. The zero-order valence-electron chi connectivity index (χ0n) is 21.7. The number of halogens is 1. The zero-order chi connectivity index (χ0) is 27.1. The molecule has 1 atom stereocenters. The Morgan fingerprint density at radius 3 is 2.38 bits per heavy atom. The molecule has 2 amide bonds. The highest BCUT2D eigenvalue weighted by Crippen LogP contribution is 2.45. The van der Waals surface area contributed by atoms with Gasteiger partial charge in [0.2, 0.25) is 5.91 Å². The fourth-order valence-electron chi connectivity index (χ4n) is 5.37. The number of amides is 2. The van der Waals surface area contributed by atoms with Crippen LogP contribution in [0.15, 0.2) is 89.5 Å².